The third-order valence-electron chi connectivity index (χ3n) is 3.87. The van der Waals surface area contributed by atoms with Crippen LogP contribution in [0.25, 0.3) is 0 Å². The van der Waals surface area contributed by atoms with Crippen molar-refractivity contribution in [2.24, 2.45) is 0 Å². The first kappa shape index (κ1) is 18.3. The number of rotatable bonds is 5. The number of hydrogen-bond acceptors (Lipinski definition) is 3. The van der Waals surface area contributed by atoms with Crippen molar-refractivity contribution < 1.29 is 27.8 Å². The van der Waals surface area contributed by atoms with Crippen LogP contribution in [0.1, 0.15) is 30.0 Å². The van der Waals surface area contributed by atoms with Crippen molar-refractivity contribution in [2.45, 2.75) is 31.2 Å². The van der Waals surface area contributed by atoms with E-state index in [-0.39, 0.29) is 32.1 Å². The van der Waals surface area contributed by atoms with Gasteiger partial charge in [0.05, 0.1) is 30.7 Å². The average molecular weight is 341 g/mol. The summed E-state index contributed by atoms with van der Waals surface area (Å²) in [5.41, 5.74) is -0.178. The summed E-state index contributed by atoms with van der Waals surface area (Å²) >= 11 is 0. The number of ether oxygens (including phenoxy) is 1. The number of terminal acetylenes is 1. The van der Waals surface area contributed by atoms with Gasteiger partial charge in [0, 0.05) is 6.54 Å². The molecule has 7 heteroatoms. The number of halogens is 3. The Morgan fingerprint density at radius 2 is 2.04 bits per heavy atom. The van der Waals surface area contributed by atoms with Crippen molar-refractivity contribution in [1.29, 1.82) is 0 Å². The second-order valence-corrected chi connectivity index (χ2v) is 5.58. The maximum Gasteiger partial charge on any atom is 0.416 e. The van der Waals surface area contributed by atoms with E-state index in [2.05, 4.69) is 5.92 Å². The Kier molecular flexibility index (Phi) is 5.86. The number of amides is 1. The minimum atomic E-state index is -4.41. The highest BCUT2D eigenvalue weighted by Gasteiger charge is 2.36. The van der Waals surface area contributed by atoms with Crippen molar-refractivity contribution in [1.82, 2.24) is 4.90 Å². The quantitative estimate of drug-likeness (QED) is 0.661. The SMILES string of the molecule is C#CCOCCC(=O)N1C[C@H](O)C[C@@H]1c1ccc(C(F)(F)F)cc1. The van der Waals surface area contributed by atoms with Gasteiger partial charge in [0.2, 0.25) is 5.91 Å². The van der Waals surface area contributed by atoms with Gasteiger partial charge in [0.25, 0.3) is 0 Å². The Bertz CT molecular complexity index is 607. The summed E-state index contributed by atoms with van der Waals surface area (Å²) < 4.78 is 43.0. The zero-order valence-electron chi connectivity index (χ0n) is 12.9. The molecular formula is C17H18F3NO3. The van der Waals surface area contributed by atoms with E-state index in [4.69, 9.17) is 11.2 Å². The summed E-state index contributed by atoms with van der Waals surface area (Å²) in [6.07, 6.45) is 0.334. The molecule has 0 bridgehead atoms. The third-order valence-corrected chi connectivity index (χ3v) is 3.87. The standard InChI is InChI=1S/C17H18F3NO3/c1-2-8-24-9-7-16(23)21-11-14(22)10-15(21)12-3-5-13(6-4-12)17(18,19)20/h1,3-6,14-15,22H,7-11H2/t14-,15-/m1/s1. The number of β-amino-alcohol motifs (C(OH)–C–C–N with tert-alkyl or cyclic N) is 1. The molecular weight excluding hydrogens is 323 g/mol. The molecule has 0 aromatic heterocycles. The summed E-state index contributed by atoms with van der Waals surface area (Å²) in [5.74, 6) is 2.06. The molecule has 2 rings (SSSR count). The lowest BCUT2D eigenvalue weighted by atomic mass is 10.0. The van der Waals surface area contributed by atoms with Crippen LogP contribution >= 0.6 is 0 Å². The van der Waals surface area contributed by atoms with E-state index in [1.165, 1.54) is 17.0 Å². The zero-order chi connectivity index (χ0) is 17.7. The molecule has 0 spiro atoms. The minimum absolute atomic E-state index is 0.103. The first-order chi connectivity index (χ1) is 11.3. The van der Waals surface area contributed by atoms with Crippen molar-refractivity contribution >= 4 is 5.91 Å². The van der Waals surface area contributed by atoms with Gasteiger partial charge in [0.15, 0.2) is 0 Å². The lowest BCUT2D eigenvalue weighted by Gasteiger charge is -2.25. The minimum Gasteiger partial charge on any atom is -0.391 e. The van der Waals surface area contributed by atoms with E-state index in [9.17, 15) is 23.1 Å². The molecule has 24 heavy (non-hydrogen) atoms. The Balaban J connectivity index is 2.07. The molecule has 1 heterocycles. The predicted molar refractivity (Wildman–Crippen MR) is 80.8 cm³/mol. The molecule has 1 aromatic rings. The second-order valence-electron chi connectivity index (χ2n) is 5.58. The van der Waals surface area contributed by atoms with Gasteiger partial charge in [-0.1, -0.05) is 18.1 Å². The van der Waals surface area contributed by atoms with Crippen LogP contribution in [-0.4, -0.2) is 41.8 Å². The maximum absolute atomic E-state index is 12.6. The molecule has 0 saturated carbocycles. The Hall–Kier alpha value is -2.04. The molecule has 1 aromatic carbocycles. The summed E-state index contributed by atoms with van der Waals surface area (Å²) in [5, 5.41) is 9.84. The largest absolute Gasteiger partial charge is 0.416 e. The van der Waals surface area contributed by atoms with Gasteiger partial charge in [-0.25, -0.2) is 0 Å². The first-order valence-electron chi connectivity index (χ1n) is 7.49. The lowest BCUT2D eigenvalue weighted by Crippen LogP contribution is -2.32. The molecule has 1 amide bonds. The highest BCUT2D eigenvalue weighted by Crippen LogP contribution is 2.35. The number of likely N-dealkylation sites (tertiary alicyclic amines) is 1. The number of benzene rings is 1. The van der Waals surface area contributed by atoms with Gasteiger partial charge in [-0.2, -0.15) is 13.2 Å². The average Bonchev–Trinajstić information content (AvgIpc) is 2.93. The Labute approximate surface area is 138 Å². The van der Waals surface area contributed by atoms with Crippen LogP contribution in [0.2, 0.25) is 0 Å². The summed E-state index contributed by atoms with van der Waals surface area (Å²) in [7, 11) is 0. The molecule has 1 aliphatic heterocycles. The van der Waals surface area contributed by atoms with Gasteiger partial charge in [0.1, 0.15) is 6.61 Å². The van der Waals surface area contributed by atoms with Crippen LogP contribution in [0.15, 0.2) is 24.3 Å². The van der Waals surface area contributed by atoms with Crippen molar-refractivity contribution in [3.8, 4) is 12.3 Å². The fourth-order valence-corrected chi connectivity index (χ4v) is 2.73. The predicted octanol–water partition coefficient (Wildman–Crippen LogP) is 2.38. The zero-order valence-corrected chi connectivity index (χ0v) is 12.9. The van der Waals surface area contributed by atoms with E-state index < -0.39 is 23.9 Å². The Morgan fingerprint density at radius 3 is 2.62 bits per heavy atom. The lowest BCUT2D eigenvalue weighted by molar-refractivity contribution is -0.137. The first-order valence-corrected chi connectivity index (χ1v) is 7.49. The Morgan fingerprint density at radius 1 is 1.38 bits per heavy atom. The normalized spacial score (nSPS) is 20.9. The number of hydrogen-bond donors (Lipinski definition) is 1. The molecule has 4 nitrogen and oxygen atoms in total. The number of carbonyl (C=O) groups is 1. The molecule has 130 valence electrons. The number of alkyl halides is 3. The van der Waals surface area contributed by atoms with Crippen molar-refractivity contribution in [3.63, 3.8) is 0 Å². The number of aliphatic hydroxyl groups excluding tert-OH is 1. The van der Waals surface area contributed by atoms with Crippen molar-refractivity contribution in [2.75, 3.05) is 19.8 Å². The fraction of sp³-hybridized carbons (Fsp3) is 0.471. The molecule has 1 fully saturated rings. The van der Waals surface area contributed by atoms with Crippen LogP contribution in [0, 0.1) is 12.3 Å². The van der Waals surface area contributed by atoms with Gasteiger partial charge in [-0.15, -0.1) is 6.42 Å². The van der Waals surface area contributed by atoms with Crippen LogP contribution in [0.3, 0.4) is 0 Å². The number of aliphatic hydroxyl groups is 1. The molecule has 0 radical (unpaired) electrons. The molecule has 0 aliphatic carbocycles. The fourth-order valence-electron chi connectivity index (χ4n) is 2.73. The molecule has 1 saturated heterocycles. The topological polar surface area (TPSA) is 49.8 Å². The number of nitrogens with zero attached hydrogens (tertiary/aromatic N) is 1. The summed E-state index contributed by atoms with van der Waals surface area (Å²) in [4.78, 5) is 13.7. The molecule has 1 N–H and O–H groups in total. The van der Waals surface area contributed by atoms with E-state index in [1.54, 1.807) is 0 Å². The van der Waals surface area contributed by atoms with Crippen LogP contribution in [0.4, 0.5) is 13.2 Å². The van der Waals surface area contributed by atoms with Gasteiger partial charge in [-0.05, 0) is 24.1 Å². The maximum atomic E-state index is 12.6. The van der Waals surface area contributed by atoms with Crippen molar-refractivity contribution in [3.05, 3.63) is 35.4 Å². The van der Waals surface area contributed by atoms with Crippen LogP contribution in [0.5, 0.6) is 0 Å². The highest BCUT2D eigenvalue weighted by molar-refractivity contribution is 5.77. The highest BCUT2D eigenvalue weighted by atomic mass is 19.4. The van der Waals surface area contributed by atoms with Gasteiger partial charge < -0.3 is 14.7 Å². The van der Waals surface area contributed by atoms with Crippen LogP contribution < -0.4 is 0 Å². The van der Waals surface area contributed by atoms with Gasteiger partial charge in [-0.3, -0.25) is 4.79 Å². The van der Waals surface area contributed by atoms with Gasteiger partial charge >= 0.3 is 6.18 Å². The van der Waals surface area contributed by atoms with E-state index >= 15 is 0 Å². The molecule has 0 unspecified atom stereocenters. The monoisotopic (exact) mass is 341 g/mol. The molecule has 2 atom stereocenters. The van der Waals surface area contributed by atoms with E-state index in [1.807, 2.05) is 0 Å². The summed E-state index contributed by atoms with van der Waals surface area (Å²) in [6.45, 7) is 0.424. The number of carbonyl (C=O) groups excluding carboxylic acids is 1. The van der Waals surface area contributed by atoms with E-state index in [0.29, 0.717) is 12.0 Å². The second kappa shape index (κ2) is 7.69. The third kappa shape index (κ3) is 4.49. The van der Waals surface area contributed by atoms with E-state index in [0.717, 1.165) is 12.1 Å². The summed E-state index contributed by atoms with van der Waals surface area (Å²) in [6, 6.07) is 4.22. The van der Waals surface area contributed by atoms with Crippen LogP contribution in [-0.2, 0) is 15.7 Å². The smallest absolute Gasteiger partial charge is 0.391 e. The molecule has 1 aliphatic rings.